The molecule has 0 radical (unpaired) electrons. The number of amides is 1. The lowest BCUT2D eigenvalue weighted by molar-refractivity contribution is -0.159. The number of para-hydroxylation sites is 1. The second-order valence-electron chi connectivity index (χ2n) is 8.15. The summed E-state index contributed by atoms with van der Waals surface area (Å²) in [7, 11) is 0. The van der Waals surface area contributed by atoms with Crippen LogP contribution in [0.25, 0.3) is 11.1 Å². The number of benzene rings is 3. The van der Waals surface area contributed by atoms with Crippen LogP contribution < -0.4 is 5.32 Å². The highest BCUT2D eigenvalue weighted by Gasteiger charge is 2.22. The van der Waals surface area contributed by atoms with Crippen LogP contribution in [0, 0.1) is 0 Å². The zero-order chi connectivity index (χ0) is 25.9. The Balaban J connectivity index is 0.000000538. The number of carbonyl (C=O) groups excluding carboxylic acids is 1. The van der Waals surface area contributed by atoms with Gasteiger partial charge in [0.2, 0.25) is 0 Å². The first-order valence-corrected chi connectivity index (χ1v) is 11.7. The maximum atomic E-state index is 12.5. The van der Waals surface area contributed by atoms with E-state index in [2.05, 4.69) is 22.3 Å². The number of likely N-dealkylation sites (tertiary alicyclic amines) is 1. The summed E-state index contributed by atoms with van der Waals surface area (Å²) in [5.74, 6) is -3.65. The van der Waals surface area contributed by atoms with Gasteiger partial charge in [-0.1, -0.05) is 72.3 Å². The average molecular weight is 511 g/mol. The van der Waals surface area contributed by atoms with Gasteiger partial charge in [-0.05, 0) is 42.2 Å². The van der Waals surface area contributed by atoms with Crippen molar-refractivity contribution in [1.82, 2.24) is 4.90 Å². The molecule has 0 spiro atoms. The Morgan fingerprint density at radius 1 is 0.861 bits per heavy atom. The molecule has 8 nitrogen and oxygen atoms in total. The minimum atomic E-state index is -1.82. The Bertz CT molecular complexity index is 1150. The van der Waals surface area contributed by atoms with Gasteiger partial charge in [-0.25, -0.2) is 14.4 Å². The second kappa shape index (κ2) is 13.3. The number of rotatable bonds is 5. The van der Waals surface area contributed by atoms with Crippen LogP contribution in [-0.4, -0.2) is 52.3 Å². The first-order chi connectivity index (χ1) is 17.3. The highest BCUT2D eigenvalue weighted by Crippen LogP contribution is 2.28. The van der Waals surface area contributed by atoms with Crippen LogP contribution >= 0.6 is 11.6 Å². The van der Waals surface area contributed by atoms with E-state index < -0.39 is 18.0 Å². The van der Waals surface area contributed by atoms with Gasteiger partial charge in [-0.3, -0.25) is 10.2 Å². The van der Waals surface area contributed by atoms with Crippen LogP contribution in [0.1, 0.15) is 18.4 Å². The standard InChI is InChI=1S/C25H25ClN2O2.C2H2O4/c26-21-12-10-19(11-13-21)18-28-16-14-22(15-17-28)30-25(29)27-24-9-5-4-8-23(24)20-6-2-1-3-7-20;3-1(4)2(5)6/h1-13,22H,14-18H2,(H,27,29);(H,3,4)(H,5,6). The van der Waals surface area contributed by atoms with Gasteiger partial charge in [0.15, 0.2) is 0 Å². The van der Waals surface area contributed by atoms with Gasteiger partial charge in [0.05, 0.1) is 5.69 Å². The number of hydrogen-bond donors (Lipinski definition) is 3. The smallest absolute Gasteiger partial charge is 0.414 e. The molecule has 0 saturated carbocycles. The predicted octanol–water partition coefficient (Wildman–Crippen LogP) is 5.38. The fourth-order valence-electron chi connectivity index (χ4n) is 3.79. The third kappa shape index (κ3) is 8.41. The SMILES string of the molecule is O=C(Nc1ccccc1-c1ccccc1)OC1CCN(Cc2ccc(Cl)cc2)CC1.O=C(O)C(=O)O. The van der Waals surface area contributed by atoms with Gasteiger partial charge in [0, 0.05) is 30.2 Å². The number of nitrogens with one attached hydrogen (secondary N) is 1. The number of carboxylic acid groups (broad SMARTS) is 2. The monoisotopic (exact) mass is 510 g/mol. The molecular weight excluding hydrogens is 484 g/mol. The predicted molar refractivity (Wildman–Crippen MR) is 137 cm³/mol. The topological polar surface area (TPSA) is 116 Å². The number of nitrogens with zero attached hydrogens (tertiary/aromatic N) is 1. The molecule has 1 heterocycles. The van der Waals surface area contributed by atoms with Gasteiger partial charge in [0.25, 0.3) is 0 Å². The van der Waals surface area contributed by atoms with Crippen LogP contribution in [0.15, 0.2) is 78.9 Å². The molecule has 3 N–H and O–H groups in total. The van der Waals surface area contributed by atoms with Crippen molar-refractivity contribution in [3.63, 3.8) is 0 Å². The Morgan fingerprint density at radius 2 is 1.44 bits per heavy atom. The van der Waals surface area contributed by atoms with Crippen LogP contribution in [0.4, 0.5) is 10.5 Å². The van der Waals surface area contributed by atoms with E-state index in [1.54, 1.807) is 0 Å². The molecule has 3 aromatic carbocycles. The van der Waals surface area contributed by atoms with Crippen LogP contribution in [0.2, 0.25) is 5.02 Å². The lowest BCUT2D eigenvalue weighted by Gasteiger charge is -2.31. The quantitative estimate of drug-likeness (QED) is 0.395. The number of carbonyl (C=O) groups is 3. The average Bonchev–Trinajstić information content (AvgIpc) is 2.88. The highest BCUT2D eigenvalue weighted by molar-refractivity contribution is 6.30. The van der Waals surface area contributed by atoms with E-state index in [-0.39, 0.29) is 6.10 Å². The van der Waals surface area contributed by atoms with Crippen molar-refractivity contribution < 1.29 is 29.3 Å². The molecule has 1 aliphatic heterocycles. The summed E-state index contributed by atoms with van der Waals surface area (Å²) in [6, 6.07) is 25.8. The number of hydrogen-bond acceptors (Lipinski definition) is 5. The van der Waals surface area contributed by atoms with Crippen molar-refractivity contribution in [1.29, 1.82) is 0 Å². The van der Waals surface area contributed by atoms with Crippen molar-refractivity contribution in [2.75, 3.05) is 18.4 Å². The number of piperidine rings is 1. The minimum Gasteiger partial charge on any atom is -0.473 e. The van der Waals surface area contributed by atoms with E-state index >= 15 is 0 Å². The summed E-state index contributed by atoms with van der Waals surface area (Å²) in [6.45, 7) is 2.70. The van der Waals surface area contributed by atoms with Crippen molar-refractivity contribution in [3.8, 4) is 11.1 Å². The second-order valence-corrected chi connectivity index (χ2v) is 8.59. The lowest BCUT2D eigenvalue weighted by atomic mass is 10.0. The molecule has 9 heteroatoms. The summed E-state index contributed by atoms with van der Waals surface area (Å²) >= 11 is 5.96. The van der Waals surface area contributed by atoms with Crippen LogP contribution in [0.3, 0.4) is 0 Å². The maximum absolute atomic E-state index is 12.5. The number of halogens is 1. The highest BCUT2D eigenvalue weighted by atomic mass is 35.5. The molecule has 3 aromatic rings. The Kier molecular flexibility index (Phi) is 9.85. The molecule has 1 fully saturated rings. The molecule has 0 unspecified atom stereocenters. The molecule has 0 bridgehead atoms. The van der Waals surface area contributed by atoms with Gasteiger partial charge < -0.3 is 14.9 Å². The van der Waals surface area contributed by atoms with Crippen LogP contribution in [-0.2, 0) is 20.9 Å². The molecule has 4 rings (SSSR count). The van der Waals surface area contributed by atoms with Gasteiger partial charge >= 0.3 is 18.0 Å². The Labute approximate surface area is 214 Å². The zero-order valence-corrected chi connectivity index (χ0v) is 20.2. The first kappa shape index (κ1) is 26.7. The number of carboxylic acids is 2. The molecule has 1 aliphatic rings. The van der Waals surface area contributed by atoms with E-state index in [1.165, 1.54) is 5.56 Å². The van der Waals surface area contributed by atoms with E-state index in [1.807, 2.05) is 66.7 Å². The third-order valence-electron chi connectivity index (χ3n) is 5.56. The number of aliphatic carboxylic acids is 2. The minimum absolute atomic E-state index is 0.0599. The Hall–Kier alpha value is -3.88. The van der Waals surface area contributed by atoms with Crippen LogP contribution in [0.5, 0.6) is 0 Å². The van der Waals surface area contributed by atoms with Crippen molar-refractivity contribution in [3.05, 3.63) is 89.4 Å². The summed E-state index contributed by atoms with van der Waals surface area (Å²) < 4.78 is 5.71. The molecule has 0 aliphatic carbocycles. The molecular formula is C27H27ClN2O6. The van der Waals surface area contributed by atoms with E-state index in [4.69, 9.17) is 36.1 Å². The molecule has 188 valence electrons. The summed E-state index contributed by atoms with van der Waals surface area (Å²) in [5.41, 5.74) is 4.04. The number of ether oxygens (including phenoxy) is 1. The van der Waals surface area contributed by atoms with Crippen molar-refractivity contribution >= 4 is 35.3 Å². The molecule has 0 aromatic heterocycles. The summed E-state index contributed by atoms with van der Waals surface area (Å²) in [4.78, 5) is 33.1. The fraction of sp³-hybridized carbons (Fsp3) is 0.222. The van der Waals surface area contributed by atoms with Gasteiger partial charge in [-0.2, -0.15) is 0 Å². The summed E-state index contributed by atoms with van der Waals surface area (Å²) in [5, 5.41) is 18.5. The zero-order valence-electron chi connectivity index (χ0n) is 19.5. The van der Waals surface area contributed by atoms with E-state index in [0.717, 1.165) is 54.3 Å². The van der Waals surface area contributed by atoms with Gasteiger partial charge in [-0.15, -0.1) is 0 Å². The van der Waals surface area contributed by atoms with E-state index in [0.29, 0.717) is 0 Å². The van der Waals surface area contributed by atoms with Crippen molar-refractivity contribution in [2.45, 2.75) is 25.5 Å². The van der Waals surface area contributed by atoms with Crippen molar-refractivity contribution in [2.24, 2.45) is 0 Å². The molecule has 1 saturated heterocycles. The summed E-state index contributed by atoms with van der Waals surface area (Å²) in [6.07, 6.45) is 1.22. The lowest BCUT2D eigenvalue weighted by Crippen LogP contribution is -2.38. The maximum Gasteiger partial charge on any atom is 0.414 e. The normalized spacial score (nSPS) is 13.7. The molecule has 0 atom stereocenters. The number of anilines is 1. The first-order valence-electron chi connectivity index (χ1n) is 11.4. The van der Waals surface area contributed by atoms with Gasteiger partial charge in [0.1, 0.15) is 6.10 Å². The Morgan fingerprint density at radius 3 is 2.06 bits per heavy atom. The molecule has 1 amide bonds. The third-order valence-corrected chi connectivity index (χ3v) is 5.81. The molecule has 36 heavy (non-hydrogen) atoms. The largest absolute Gasteiger partial charge is 0.473 e. The van der Waals surface area contributed by atoms with E-state index in [9.17, 15) is 4.79 Å². The fourth-order valence-corrected chi connectivity index (χ4v) is 3.91.